The zero-order chi connectivity index (χ0) is 20.4. The Bertz CT molecular complexity index is 1060. The van der Waals surface area contributed by atoms with Crippen LogP contribution < -0.4 is 5.69 Å². The summed E-state index contributed by atoms with van der Waals surface area (Å²) >= 11 is 0. The third-order valence-corrected chi connectivity index (χ3v) is 5.50. The SMILES string of the molecule is Cc1ccc(-n2c(C3CCN(C(=O)Cc4ccccc4F)CC3)n[nH]c2=O)cc1. The molecule has 0 spiro atoms. The fraction of sp³-hybridized carbons (Fsp3) is 0.318. The number of nitrogens with zero attached hydrogens (tertiary/aromatic N) is 3. The molecule has 1 N–H and O–H groups in total. The topological polar surface area (TPSA) is 71.0 Å². The lowest BCUT2D eigenvalue weighted by atomic mass is 9.95. The Labute approximate surface area is 168 Å². The molecule has 0 radical (unpaired) electrons. The van der Waals surface area contributed by atoms with E-state index in [0.29, 0.717) is 37.3 Å². The Morgan fingerprint density at radius 3 is 2.52 bits per heavy atom. The Morgan fingerprint density at radius 1 is 1.14 bits per heavy atom. The Morgan fingerprint density at radius 2 is 1.83 bits per heavy atom. The summed E-state index contributed by atoms with van der Waals surface area (Å²) in [5.41, 5.74) is 2.05. The van der Waals surface area contributed by atoms with Gasteiger partial charge in [0.05, 0.1) is 12.1 Å². The minimum absolute atomic E-state index is 0.0633. The lowest BCUT2D eigenvalue weighted by molar-refractivity contribution is -0.131. The van der Waals surface area contributed by atoms with E-state index in [0.717, 1.165) is 11.3 Å². The minimum atomic E-state index is -0.352. The number of benzene rings is 2. The molecule has 2 aromatic carbocycles. The number of likely N-dealkylation sites (tertiary alicyclic amines) is 1. The number of halogens is 1. The van der Waals surface area contributed by atoms with Crippen LogP contribution in [0.15, 0.2) is 53.3 Å². The number of hydrogen-bond acceptors (Lipinski definition) is 3. The van der Waals surface area contributed by atoms with Gasteiger partial charge in [0, 0.05) is 19.0 Å². The molecule has 6 nitrogen and oxygen atoms in total. The molecule has 150 valence electrons. The van der Waals surface area contributed by atoms with Gasteiger partial charge in [-0.1, -0.05) is 35.9 Å². The van der Waals surface area contributed by atoms with Crippen LogP contribution in [0, 0.1) is 12.7 Å². The van der Waals surface area contributed by atoms with Crippen LogP contribution in [-0.4, -0.2) is 38.7 Å². The second-order valence-electron chi connectivity index (χ2n) is 7.48. The van der Waals surface area contributed by atoms with E-state index in [2.05, 4.69) is 10.2 Å². The van der Waals surface area contributed by atoms with Gasteiger partial charge in [0.15, 0.2) is 0 Å². The normalized spacial score (nSPS) is 14.9. The maximum atomic E-state index is 13.8. The highest BCUT2D eigenvalue weighted by molar-refractivity contribution is 5.79. The van der Waals surface area contributed by atoms with Gasteiger partial charge in [-0.25, -0.2) is 18.9 Å². The van der Waals surface area contributed by atoms with Crippen LogP contribution >= 0.6 is 0 Å². The average Bonchev–Trinajstić information content (AvgIpc) is 3.12. The molecular formula is C22H23FN4O2. The van der Waals surface area contributed by atoms with Crippen molar-refractivity contribution in [2.75, 3.05) is 13.1 Å². The van der Waals surface area contributed by atoms with Gasteiger partial charge in [-0.3, -0.25) is 4.79 Å². The van der Waals surface area contributed by atoms with E-state index in [-0.39, 0.29) is 29.8 Å². The summed E-state index contributed by atoms with van der Waals surface area (Å²) in [6.07, 6.45) is 1.48. The quantitative estimate of drug-likeness (QED) is 0.740. The summed E-state index contributed by atoms with van der Waals surface area (Å²) in [4.78, 5) is 26.7. The van der Waals surface area contributed by atoms with Gasteiger partial charge in [-0.15, -0.1) is 0 Å². The van der Waals surface area contributed by atoms with Crippen molar-refractivity contribution in [3.05, 3.63) is 81.8 Å². The number of aryl methyl sites for hydroxylation is 1. The fourth-order valence-corrected chi connectivity index (χ4v) is 3.83. The van der Waals surface area contributed by atoms with Crippen molar-refractivity contribution in [1.29, 1.82) is 0 Å². The van der Waals surface area contributed by atoms with Gasteiger partial charge >= 0.3 is 5.69 Å². The number of hydrogen-bond donors (Lipinski definition) is 1. The van der Waals surface area contributed by atoms with Crippen molar-refractivity contribution in [1.82, 2.24) is 19.7 Å². The zero-order valence-corrected chi connectivity index (χ0v) is 16.3. The Kier molecular flexibility index (Phi) is 5.29. The van der Waals surface area contributed by atoms with Crippen LogP contribution in [-0.2, 0) is 11.2 Å². The second-order valence-corrected chi connectivity index (χ2v) is 7.48. The first-order valence-corrected chi connectivity index (χ1v) is 9.78. The van der Waals surface area contributed by atoms with Crippen LogP contribution in [0.2, 0.25) is 0 Å². The molecule has 3 aromatic rings. The number of piperidine rings is 1. The van der Waals surface area contributed by atoms with E-state index < -0.39 is 0 Å². The highest BCUT2D eigenvalue weighted by atomic mass is 19.1. The number of rotatable bonds is 4. The third-order valence-electron chi connectivity index (χ3n) is 5.50. The molecule has 1 saturated heterocycles. The number of carbonyl (C=O) groups is 1. The summed E-state index contributed by atoms with van der Waals surface area (Å²) in [5.74, 6) is 0.341. The molecule has 4 rings (SSSR count). The zero-order valence-electron chi connectivity index (χ0n) is 16.3. The maximum Gasteiger partial charge on any atom is 0.347 e. The van der Waals surface area contributed by atoms with Crippen molar-refractivity contribution < 1.29 is 9.18 Å². The van der Waals surface area contributed by atoms with Crippen molar-refractivity contribution in [2.24, 2.45) is 0 Å². The van der Waals surface area contributed by atoms with Gasteiger partial charge in [-0.05, 0) is 43.5 Å². The average molecular weight is 394 g/mol. The van der Waals surface area contributed by atoms with Gasteiger partial charge in [0.1, 0.15) is 11.6 Å². The Balaban J connectivity index is 1.45. The molecule has 0 atom stereocenters. The van der Waals surface area contributed by atoms with Gasteiger partial charge in [0.25, 0.3) is 0 Å². The smallest absolute Gasteiger partial charge is 0.342 e. The number of carbonyl (C=O) groups excluding carboxylic acids is 1. The molecule has 0 unspecified atom stereocenters. The summed E-state index contributed by atoms with van der Waals surface area (Å²) < 4.78 is 15.4. The highest BCUT2D eigenvalue weighted by Gasteiger charge is 2.28. The van der Waals surface area contributed by atoms with Crippen LogP contribution in [0.3, 0.4) is 0 Å². The van der Waals surface area contributed by atoms with Crippen LogP contribution in [0.1, 0.15) is 35.7 Å². The molecule has 1 amide bonds. The molecule has 1 aliphatic rings. The van der Waals surface area contributed by atoms with E-state index >= 15 is 0 Å². The third kappa shape index (κ3) is 3.99. The van der Waals surface area contributed by atoms with E-state index in [9.17, 15) is 14.0 Å². The highest BCUT2D eigenvalue weighted by Crippen LogP contribution is 2.27. The molecule has 0 saturated carbocycles. The van der Waals surface area contributed by atoms with Crippen molar-refractivity contribution in [2.45, 2.75) is 32.1 Å². The summed E-state index contributed by atoms with van der Waals surface area (Å²) in [6, 6.07) is 14.1. The first-order chi connectivity index (χ1) is 14.0. The first-order valence-electron chi connectivity index (χ1n) is 9.78. The van der Waals surface area contributed by atoms with Gasteiger partial charge in [0.2, 0.25) is 5.91 Å². The molecule has 1 aromatic heterocycles. The number of nitrogens with one attached hydrogen (secondary N) is 1. The van der Waals surface area contributed by atoms with E-state index in [4.69, 9.17) is 0 Å². The molecule has 2 heterocycles. The number of aromatic nitrogens is 3. The monoisotopic (exact) mass is 394 g/mol. The standard InChI is InChI=1S/C22H23FN4O2/c1-15-6-8-18(9-7-15)27-21(24-25-22(27)29)16-10-12-26(13-11-16)20(28)14-17-4-2-3-5-19(17)23/h2-9,16H,10-14H2,1H3,(H,25,29). The van der Waals surface area contributed by atoms with Crippen molar-refractivity contribution >= 4 is 5.91 Å². The van der Waals surface area contributed by atoms with Crippen molar-refractivity contribution in [3.8, 4) is 5.69 Å². The van der Waals surface area contributed by atoms with Crippen LogP contribution in [0.25, 0.3) is 5.69 Å². The minimum Gasteiger partial charge on any atom is -0.342 e. The second kappa shape index (κ2) is 8.03. The number of aromatic amines is 1. The molecular weight excluding hydrogens is 371 g/mol. The summed E-state index contributed by atoms with van der Waals surface area (Å²) in [5, 5.41) is 6.82. The molecule has 7 heteroatoms. The van der Waals surface area contributed by atoms with Crippen LogP contribution in [0.4, 0.5) is 4.39 Å². The lowest BCUT2D eigenvalue weighted by Crippen LogP contribution is -2.39. The van der Waals surface area contributed by atoms with Crippen LogP contribution in [0.5, 0.6) is 0 Å². The summed E-state index contributed by atoms with van der Waals surface area (Å²) in [7, 11) is 0. The Hall–Kier alpha value is -3.22. The maximum absolute atomic E-state index is 13.8. The van der Waals surface area contributed by atoms with Gasteiger partial charge < -0.3 is 4.90 Å². The molecule has 0 bridgehead atoms. The van der Waals surface area contributed by atoms with Gasteiger partial charge in [-0.2, -0.15) is 5.10 Å². The van der Waals surface area contributed by atoms with E-state index in [1.165, 1.54) is 6.07 Å². The predicted molar refractivity (Wildman–Crippen MR) is 108 cm³/mol. The summed E-state index contributed by atoms with van der Waals surface area (Å²) in [6.45, 7) is 3.12. The van der Waals surface area contributed by atoms with Crippen molar-refractivity contribution in [3.63, 3.8) is 0 Å². The molecule has 0 aliphatic carbocycles. The molecule has 29 heavy (non-hydrogen) atoms. The molecule has 1 fully saturated rings. The largest absolute Gasteiger partial charge is 0.347 e. The number of H-pyrrole nitrogens is 1. The first kappa shape index (κ1) is 19.1. The van der Waals surface area contributed by atoms with E-state index in [1.54, 1.807) is 27.7 Å². The molecule has 1 aliphatic heterocycles. The van der Waals surface area contributed by atoms with E-state index in [1.807, 2.05) is 31.2 Å². The number of amides is 1. The fourth-order valence-electron chi connectivity index (χ4n) is 3.83. The predicted octanol–water partition coefficient (Wildman–Crippen LogP) is 2.96. The lowest BCUT2D eigenvalue weighted by Gasteiger charge is -2.31.